The predicted octanol–water partition coefficient (Wildman–Crippen LogP) is 3.59. The summed E-state index contributed by atoms with van der Waals surface area (Å²) in [6.07, 6.45) is 0.516. The average Bonchev–Trinajstić information content (AvgIpc) is 2.62. The number of amides is 1. The zero-order valence-corrected chi connectivity index (χ0v) is 14.4. The van der Waals surface area contributed by atoms with Gasteiger partial charge in [-0.1, -0.05) is 48.5 Å². The van der Waals surface area contributed by atoms with Gasteiger partial charge in [0.15, 0.2) is 0 Å². The molecule has 0 fully saturated rings. The van der Waals surface area contributed by atoms with Crippen molar-refractivity contribution in [3.05, 3.63) is 66.2 Å². The van der Waals surface area contributed by atoms with Crippen LogP contribution in [-0.2, 0) is 14.3 Å². The largest absolute Gasteiger partial charge is 0.469 e. The molecule has 126 valence electrons. The lowest BCUT2D eigenvalue weighted by Gasteiger charge is -2.18. The van der Waals surface area contributed by atoms with Gasteiger partial charge in [-0.2, -0.15) is 0 Å². The van der Waals surface area contributed by atoms with Crippen molar-refractivity contribution < 1.29 is 14.3 Å². The second-order valence-corrected chi connectivity index (χ2v) is 6.39. The molecule has 2 rings (SSSR count). The SMILES string of the molecule is COC(=O)CC(NC(=O)CCSc1ccccc1)c1ccccc1. The Morgan fingerprint density at radius 2 is 1.67 bits per heavy atom. The Balaban J connectivity index is 1.88. The van der Waals surface area contributed by atoms with E-state index in [1.807, 2.05) is 60.7 Å². The summed E-state index contributed by atoms with van der Waals surface area (Å²) >= 11 is 1.64. The molecule has 0 spiro atoms. The minimum atomic E-state index is -0.368. The highest BCUT2D eigenvalue weighted by Gasteiger charge is 2.18. The average molecular weight is 343 g/mol. The third-order valence-corrected chi connectivity index (χ3v) is 4.49. The lowest BCUT2D eigenvalue weighted by atomic mass is 10.0. The van der Waals surface area contributed by atoms with Crippen LogP contribution in [-0.4, -0.2) is 24.7 Å². The molecule has 1 amide bonds. The lowest BCUT2D eigenvalue weighted by molar-refractivity contribution is -0.141. The summed E-state index contributed by atoms with van der Waals surface area (Å²) in [5, 5.41) is 2.93. The van der Waals surface area contributed by atoms with E-state index in [0.717, 1.165) is 10.5 Å². The van der Waals surface area contributed by atoms with E-state index < -0.39 is 0 Å². The molecular weight excluding hydrogens is 322 g/mol. The van der Waals surface area contributed by atoms with Gasteiger partial charge in [-0.15, -0.1) is 11.8 Å². The molecule has 0 aromatic heterocycles. The second-order valence-electron chi connectivity index (χ2n) is 5.22. The summed E-state index contributed by atoms with van der Waals surface area (Å²) in [7, 11) is 1.35. The molecule has 0 heterocycles. The number of carbonyl (C=O) groups excluding carboxylic acids is 2. The fourth-order valence-electron chi connectivity index (χ4n) is 2.23. The summed E-state index contributed by atoms with van der Waals surface area (Å²) < 4.78 is 4.73. The summed E-state index contributed by atoms with van der Waals surface area (Å²) in [4.78, 5) is 24.9. The maximum Gasteiger partial charge on any atom is 0.307 e. The molecule has 0 radical (unpaired) electrons. The number of rotatable bonds is 8. The molecule has 0 saturated heterocycles. The maximum absolute atomic E-state index is 12.2. The standard InChI is InChI=1S/C19H21NO3S/c1-23-19(22)14-17(15-8-4-2-5-9-15)20-18(21)12-13-24-16-10-6-3-7-11-16/h2-11,17H,12-14H2,1H3,(H,20,21). The van der Waals surface area contributed by atoms with Gasteiger partial charge in [0.2, 0.25) is 5.91 Å². The molecule has 0 aliphatic rings. The minimum absolute atomic E-state index is 0.0730. The van der Waals surface area contributed by atoms with Crippen molar-refractivity contribution in [3.8, 4) is 0 Å². The maximum atomic E-state index is 12.2. The van der Waals surface area contributed by atoms with Gasteiger partial charge in [0, 0.05) is 17.1 Å². The van der Waals surface area contributed by atoms with Crippen molar-refractivity contribution in [1.29, 1.82) is 0 Å². The van der Waals surface area contributed by atoms with Crippen molar-refractivity contribution in [2.45, 2.75) is 23.8 Å². The van der Waals surface area contributed by atoms with Crippen LogP contribution in [0.2, 0.25) is 0 Å². The van der Waals surface area contributed by atoms with Crippen molar-refractivity contribution >= 4 is 23.6 Å². The van der Waals surface area contributed by atoms with E-state index in [-0.39, 0.29) is 24.3 Å². The van der Waals surface area contributed by atoms with E-state index in [2.05, 4.69) is 5.32 Å². The normalized spacial score (nSPS) is 11.5. The zero-order chi connectivity index (χ0) is 17.2. The molecular formula is C19H21NO3S. The molecule has 2 aromatic carbocycles. The molecule has 24 heavy (non-hydrogen) atoms. The third kappa shape index (κ3) is 6.08. The molecule has 1 unspecified atom stereocenters. The molecule has 0 aliphatic carbocycles. The Kier molecular flexibility index (Phi) is 7.36. The molecule has 2 aromatic rings. The van der Waals surface area contributed by atoms with Gasteiger partial charge >= 0.3 is 5.97 Å². The zero-order valence-electron chi connectivity index (χ0n) is 13.6. The first-order valence-corrected chi connectivity index (χ1v) is 8.76. The van der Waals surface area contributed by atoms with E-state index in [9.17, 15) is 9.59 Å². The fraction of sp³-hybridized carbons (Fsp3) is 0.263. The van der Waals surface area contributed by atoms with Gasteiger partial charge in [-0.25, -0.2) is 0 Å². The smallest absolute Gasteiger partial charge is 0.307 e. The van der Waals surface area contributed by atoms with E-state index >= 15 is 0 Å². The van der Waals surface area contributed by atoms with Gasteiger partial charge in [0.05, 0.1) is 19.6 Å². The predicted molar refractivity (Wildman–Crippen MR) is 95.7 cm³/mol. The molecule has 0 aliphatic heterocycles. The van der Waals surface area contributed by atoms with Crippen LogP contribution in [0.25, 0.3) is 0 Å². The van der Waals surface area contributed by atoms with Gasteiger partial charge in [-0.05, 0) is 17.7 Å². The Morgan fingerprint density at radius 3 is 2.29 bits per heavy atom. The van der Waals surface area contributed by atoms with Crippen LogP contribution in [0.4, 0.5) is 0 Å². The fourth-order valence-corrected chi connectivity index (χ4v) is 3.11. The number of carbonyl (C=O) groups is 2. The van der Waals surface area contributed by atoms with Crippen molar-refractivity contribution in [2.24, 2.45) is 0 Å². The first-order valence-electron chi connectivity index (χ1n) is 7.78. The van der Waals surface area contributed by atoms with Crippen LogP contribution in [0.1, 0.15) is 24.4 Å². The highest BCUT2D eigenvalue weighted by molar-refractivity contribution is 7.99. The highest BCUT2D eigenvalue weighted by atomic mass is 32.2. The number of thioether (sulfide) groups is 1. The second kappa shape index (κ2) is 9.78. The van der Waals surface area contributed by atoms with Gasteiger partial charge in [0.1, 0.15) is 0 Å². The van der Waals surface area contributed by atoms with Crippen molar-refractivity contribution in [2.75, 3.05) is 12.9 Å². The van der Waals surface area contributed by atoms with Crippen LogP contribution in [0, 0.1) is 0 Å². The Morgan fingerprint density at radius 1 is 1.04 bits per heavy atom. The first-order chi connectivity index (χ1) is 11.7. The highest BCUT2D eigenvalue weighted by Crippen LogP contribution is 2.20. The van der Waals surface area contributed by atoms with Crippen LogP contribution in [0.15, 0.2) is 65.6 Å². The van der Waals surface area contributed by atoms with E-state index in [1.54, 1.807) is 11.8 Å². The quantitative estimate of drug-likeness (QED) is 0.588. The number of nitrogens with one attached hydrogen (secondary N) is 1. The number of methoxy groups -OCH3 is 1. The Hall–Kier alpha value is -2.27. The molecule has 0 bridgehead atoms. The van der Waals surface area contributed by atoms with Crippen LogP contribution in [0.5, 0.6) is 0 Å². The van der Waals surface area contributed by atoms with Gasteiger partial charge in [-0.3, -0.25) is 9.59 Å². The van der Waals surface area contributed by atoms with Crippen molar-refractivity contribution in [3.63, 3.8) is 0 Å². The minimum Gasteiger partial charge on any atom is -0.469 e. The monoisotopic (exact) mass is 343 g/mol. The summed E-state index contributed by atoms with van der Waals surface area (Å²) in [5.74, 6) is 0.272. The molecule has 0 saturated carbocycles. The third-order valence-electron chi connectivity index (χ3n) is 3.48. The number of hydrogen-bond acceptors (Lipinski definition) is 4. The van der Waals surface area contributed by atoms with Gasteiger partial charge < -0.3 is 10.1 Å². The first kappa shape index (κ1) is 18.1. The molecule has 1 atom stereocenters. The van der Waals surface area contributed by atoms with E-state index in [0.29, 0.717) is 12.2 Å². The molecule has 4 nitrogen and oxygen atoms in total. The van der Waals surface area contributed by atoms with E-state index in [1.165, 1.54) is 7.11 Å². The van der Waals surface area contributed by atoms with Crippen LogP contribution >= 0.6 is 11.8 Å². The number of ether oxygens (including phenoxy) is 1. The van der Waals surface area contributed by atoms with Crippen LogP contribution < -0.4 is 5.32 Å². The Bertz CT molecular complexity index is 646. The molecule has 5 heteroatoms. The van der Waals surface area contributed by atoms with E-state index in [4.69, 9.17) is 4.74 Å². The number of hydrogen-bond donors (Lipinski definition) is 1. The molecule has 1 N–H and O–H groups in total. The van der Waals surface area contributed by atoms with Gasteiger partial charge in [0.25, 0.3) is 0 Å². The topological polar surface area (TPSA) is 55.4 Å². The van der Waals surface area contributed by atoms with Crippen LogP contribution in [0.3, 0.4) is 0 Å². The summed E-state index contributed by atoms with van der Waals surface area (Å²) in [6.45, 7) is 0. The van der Waals surface area contributed by atoms with Crippen molar-refractivity contribution in [1.82, 2.24) is 5.32 Å². The summed E-state index contributed by atoms with van der Waals surface area (Å²) in [5.41, 5.74) is 0.895. The number of benzene rings is 2. The summed E-state index contributed by atoms with van der Waals surface area (Å²) in [6, 6.07) is 19.1. The number of esters is 1. The Labute approximate surface area is 146 Å². The lowest BCUT2D eigenvalue weighted by Crippen LogP contribution is -2.30.